The van der Waals surface area contributed by atoms with Crippen molar-refractivity contribution in [2.75, 3.05) is 23.0 Å². The molecule has 0 saturated heterocycles. The summed E-state index contributed by atoms with van der Waals surface area (Å²) in [7, 11) is 0. The Morgan fingerprint density at radius 3 is 0.970 bits per heavy atom. The van der Waals surface area contributed by atoms with Crippen LogP contribution in [-0.4, -0.2) is 13.2 Å². The van der Waals surface area contributed by atoms with Crippen LogP contribution < -0.4 is 19.3 Å². The minimum Gasteiger partial charge on any atom is -0.494 e. The molecular formula is C62H60N2O2. The normalized spacial score (nSPS) is 11.3. The molecule has 0 atom stereocenters. The van der Waals surface area contributed by atoms with Gasteiger partial charge in [-0.3, -0.25) is 0 Å². The van der Waals surface area contributed by atoms with Crippen LogP contribution in [-0.2, 0) is 0 Å². The van der Waals surface area contributed by atoms with Crippen molar-refractivity contribution in [2.24, 2.45) is 0 Å². The molecule has 0 bridgehead atoms. The van der Waals surface area contributed by atoms with E-state index in [-0.39, 0.29) is 0 Å². The van der Waals surface area contributed by atoms with E-state index in [4.69, 9.17) is 9.47 Å². The second-order valence-electron chi connectivity index (χ2n) is 17.1. The van der Waals surface area contributed by atoms with Gasteiger partial charge in [0.1, 0.15) is 11.5 Å². The summed E-state index contributed by atoms with van der Waals surface area (Å²) in [5.41, 5.74) is 21.1. The summed E-state index contributed by atoms with van der Waals surface area (Å²) in [4.78, 5) is 4.78. The van der Waals surface area contributed by atoms with Crippen LogP contribution in [0.4, 0.5) is 34.1 Å². The Labute approximate surface area is 392 Å². The number of hydrogen-bond acceptors (Lipinski definition) is 4. The van der Waals surface area contributed by atoms with Gasteiger partial charge in [0.15, 0.2) is 0 Å². The maximum atomic E-state index is 5.72. The molecule has 0 spiro atoms. The SMILES string of the molecule is CCOc1cccc(/C=C/c2ccc(N(c3ccc(-c4ccc(N(c5ccc(/C=C/c6cccc(OCC)c6)cc5)c5c(C)cc(C)cc5C)cc4)cc3)c3c(C)cc(C)cc3C)cc2)c1. The zero-order valence-electron chi connectivity index (χ0n) is 39.6. The molecular weight excluding hydrogens is 805 g/mol. The fraction of sp³-hybridized carbons (Fsp3) is 0.161. The van der Waals surface area contributed by atoms with Crippen molar-refractivity contribution >= 4 is 58.4 Å². The van der Waals surface area contributed by atoms with Crippen LogP contribution in [0.25, 0.3) is 35.4 Å². The molecule has 4 nitrogen and oxygen atoms in total. The molecule has 0 N–H and O–H groups in total. The number of anilines is 6. The van der Waals surface area contributed by atoms with Gasteiger partial charge < -0.3 is 19.3 Å². The van der Waals surface area contributed by atoms with Crippen molar-refractivity contribution in [1.82, 2.24) is 0 Å². The molecule has 0 unspecified atom stereocenters. The molecule has 0 saturated carbocycles. The molecule has 8 rings (SSSR count). The molecule has 0 fully saturated rings. The average Bonchev–Trinajstić information content (AvgIpc) is 3.31. The van der Waals surface area contributed by atoms with Gasteiger partial charge in [0, 0.05) is 22.7 Å². The predicted octanol–water partition coefficient (Wildman–Crippen LogP) is 17.3. The van der Waals surface area contributed by atoms with Crippen LogP contribution in [0.2, 0.25) is 0 Å². The molecule has 0 heterocycles. The summed E-state index contributed by atoms with van der Waals surface area (Å²) in [5.74, 6) is 1.77. The first-order valence-electron chi connectivity index (χ1n) is 23.1. The largest absolute Gasteiger partial charge is 0.494 e. The quantitative estimate of drug-likeness (QED) is 0.0959. The molecule has 4 heteroatoms. The smallest absolute Gasteiger partial charge is 0.119 e. The van der Waals surface area contributed by atoms with Crippen LogP contribution in [0.5, 0.6) is 11.5 Å². The molecule has 8 aromatic carbocycles. The van der Waals surface area contributed by atoms with E-state index in [1.807, 2.05) is 38.1 Å². The van der Waals surface area contributed by atoms with Gasteiger partial charge in [-0.05, 0) is 184 Å². The topological polar surface area (TPSA) is 24.9 Å². The molecule has 0 aromatic heterocycles. The van der Waals surface area contributed by atoms with Crippen LogP contribution in [0.3, 0.4) is 0 Å². The lowest BCUT2D eigenvalue weighted by Crippen LogP contribution is -2.13. The van der Waals surface area contributed by atoms with Crippen LogP contribution in [0, 0.1) is 41.5 Å². The first-order valence-corrected chi connectivity index (χ1v) is 23.1. The number of hydrogen-bond donors (Lipinski definition) is 0. The maximum absolute atomic E-state index is 5.72. The van der Waals surface area contributed by atoms with Gasteiger partial charge in [0.25, 0.3) is 0 Å². The van der Waals surface area contributed by atoms with Gasteiger partial charge in [-0.2, -0.15) is 0 Å². The lowest BCUT2D eigenvalue weighted by Gasteiger charge is -2.29. The molecule has 0 aliphatic carbocycles. The minimum atomic E-state index is 0.650. The van der Waals surface area contributed by atoms with Crippen molar-refractivity contribution < 1.29 is 9.47 Å². The number of nitrogens with zero attached hydrogens (tertiary/aromatic N) is 2. The lowest BCUT2D eigenvalue weighted by molar-refractivity contribution is 0.340. The number of benzene rings is 8. The van der Waals surface area contributed by atoms with E-state index >= 15 is 0 Å². The molecule has 0 radical (unpaired) electrons. The summed E-state index contributed by atoms with van der Waals surface area (Å²) in [5, 5.41) is 0. The van der Waals surface area contributed by atoms with Gasteiger partial charge in [0.05, 0.1) is 24.6 Å². The fourth-order valence-corrected chi connectivity index (χ4v) is 9.07. The monoisotopic (exact) mass is 864 g/mol. The maximum Gasteiger partial charge on any atom is 0.119 e. The van der Waals surface area contributed by atoms with Crippen molar-refractivity contribution in [3.63, 3.8) is 0 Å². The number of ether oxygens (including phenoxy) is 2. The van der Waals surface area contributed by atoms with Gasteiger partial charge >= 0.3 is 0 Å². The Morgan fingerprint density at radius 1 is 0.348 bits per heavy atom. The zero-order chi connectivity index (χ0) is 46.2. The highest BCUT2D eigenvalue weighted by atomic mass is 16.5. The Bertz CT molecular complexity index is 2730. The van der Waals surface area contributed by atoms with Gasteiger partial charge in [-0.15, -0.1) is 0 Å². The van der Waals surface area contributed by atoms with E-state index in [9.17, 15) is 0 Å². The number of rotatable bonds is 15. The highest BCUT2D eigenvalue weighted by Gasteiger charge is 2.20. The molecule has 0 aliphatic heterocycles. The standard InChI is InChI=1S/C62H60N2O2/c1-9-65-59-15-11-13-51(41-59)19-17-49-21-29-55(30-22-49)63(61-45(5)37-43(3)38-46(61)6)57-33-25-53(26-34-57)54-27-35-58(36-28-54)64(62-47(7)39-44(4)40-48(62)8)56-31-23-50(24-32-56)18-20-52-14-12-16-60(42-52)66-10-2/h11-42H,9-10H2,1-8H3/b19-17+,20-18+. The summed E-state index contributed by atoms with van der Waals surface area (Å²) in [6.45, 7) is 18.5. The summed E-state index contributed by atoms with van der Waals surface area (Å²) in [6.07, 6.45) is 8.59. The second-order valence-corrected chi connectivity index (χ2v) is 17.1. The third kappa shape index (κ3) is 10.5. The molecule has 0 aliphatic rings. The number of aryl methyl sites for hydroxylation is 6. The van der Waals surface area contributed by atoms with Gasteiger partial charge in [-0.25, -0.2) is 0 Å². The Balaban J connectivity index is 1.08. The average molecular weight is 865 g/mol. The Hall–Kier alpha value is -7.56. The summed E-state index contributed by atoms with van der Waals surface area (Å²) >= 11 is 0. The summed E-state index contributed by atoms with van der Waals surface area (Å²) in [6, 6.07) is 61.1. The molecule has 8 aromatic rings. The van der Waals surface area contributed by atoms with Crippen molar-refractivity contribution in [1.29, 1.82) is 0 Å². The van der Waals surface area contributed by atoms with E-state index in [2.05, 4.69) is 221 Å². The van der Waals surface area contributed by atoms with E-state index in [1.54, 1.807) is 0 Å². The first-order chi connectivity index (χ1) is 32.1. The Morgan fingerprint density at radius 2 is 0.652 bits per heavy atom. The van der Waals surface area contributed by atoms with E-state index in [1.165, 1.54) is 44.8 Å². The van der Waals surface area contributed by atoms with Crippen LogP contribution in [0.1, 0.15) is 69.5 Å². The highest BCUT2D eigenvalue weighted by molar-refractivity contribution is 5.85. The second kappa shape index (κ2) is 20.5. The zero-order valence-corrected chi connectivity index (χ0v) is 39.6. The predicted molar refractivity (Wildman–Crippen MR) is 283 cm³/mol. The molecule has 0 amide bonds. The minimum absolute atomic E-state index is 0.650. The van der Waals surface area contributed by atoms with E-state index < -0.39 is 0 Å². The lowest BCUT2D eigenvalue weighted by atomic mass is 10.00. The van der Waals surface area contributed by atoms with Crippen molar-refractivity contribution in [2.45, 2.75) is 55.4 Å². The molecule has 330 valence electrons. The van der Waals surface area contributed by atoms with E-state index in [0.717, 1.165) is 67.6 Å². The van der Waals surface area contributed by atoms with Crippen LogP contribution in [0.15, 0.2) is 170 Å². The third-order valence-corrected chi connectivity index (χ3v) is 11.9. The van der Waals surface area contributed by atoms with Crippen molar-refractivity contribution in [3.05, 3.63) is 225 Å². The molecule has 66 heavy (non-hydrogen) atoms. The fourth-order valence-electron chi connectivity index (χ4n) is 9.07. The highest BCUT2D eigenvalue weighted by Crippen LogP contribution is 2.42. The van der Waals surface area contributed by atoms with Crippen molar-refractivity contribution in [3.8, 4) is 22.6 Å². The van der Waals surface area contributed by atoms with Gasteiger partial charge in [0.2, 0.25) is 0 Å². The van der Waals surface area contributed by atoms with Gasteiger partial charge in [-0.1, -0.05) is 132 Å². The third-order valence-electron chi connectivity index (χ3n) is 11.9. The summed E-state index contributed by atoms with van der Waals surface area (Å²) < 4.78 is 11.4. The van der Waals surface area contributed by atoms with Crippen LogP contribution >= 0.6 is 0 Å². The first kappa shape index (κ1) is 45.0. The Kier molecular flexibility index (Phi) is 14.0. The van der Waals surface area contributed by atoms with E-state index in [0.29, 0.717) is 13.2 Å².